The predicted octanol–water partition coefficient (Wildman–Crippen LogP) is 3.34. The minimum atomic E-state index is -0.923. The lowest BCUT2D eigenvalue weighted by Gasteiger charge is -2.23. The third kappa shape index (κ3) is 3.78. The molecule has 0 aliphatic heterocycles. The second-order valence-corrected chi connectivity index (χ2v) is 6.03. The van der Waals surface area contributed by atoms with Crippen LogP contribution in [-0.2, 0) is 19.4 Å². The summed E-state index contributed by atoms with van der Waals surface area (Å²) in [6.07, 6.45) is 0.303. The molecule has 0 aliphatic carbocycles. The summed E-state index contributed by atoms with van der Waals surface area (Å²) in [4.78, 5) is 0. The van der Waals surface area contributed by atoms with Crippen LogP contribution in [0.25, 0.3) is 0 Å². The fourth-order valence-corrected chi connectivity index (χ4v) is 3.11. The molecule has 0 spiro atoms. The number of aryl methyl sites for hydroxylation is 2. The Kier molecular flexibility index (Phi) is 6.47. The van der Waals surface area contributed by atoms with Gasteiger partial charge in [0.05, 0.1) is 15.9 Å². The van der Waals surface area contributed by atoms with Crippen molar-refractivity contribution < 1.29 is 4.39 Å². The summed E-state index contributed by atoms with van der Waals surface area (Å²) in [5.74, 6) is 0.152. The number of nitrogens with two attached hydrogens (primary N) is 1. The van der Waals surface area contributed by atoms with E-state index >= 15 is 0 Å². The van der Waals surface area contributed by atoms with E-state index in [1.807, 2.05) is 25.5 Å². The Morgan fingerprint density at radius 1 is 1.37 bits per heavy atom. The minimum Gasteiger partial charge on any atom is -0.330 e. The van der Waals surface area contributed by atoms with Gasteiger partial charge in [0.2, 0.25) is 0 Å². The van der Waals surface area contributed by atoms with Crippen molar-refractivity contribution in [2.45, 2.75) is 53.3 Å². The Labute approximate surface area is 123 Å². The Bertz CT molecular complexity index is 404. The molecule has 0 bridgehead atoms. The van der Waals surface area contributed by atoms with E-state index < -0.39 is 6.17 Å². The number of halogens is 2. The Balaban J connectivity index is 2.95. The summed E-state index contributed by atoms with van der Waals surface area (Å²) in [7, 11) is 0. The molecule has 2 unspecified atom stereocenters. The highest BCUT2D eigenvalue weighted by molar-refractivity contribution is 9.10. The van der Waals surface area contributed by atoms with Crippen molar-refractivity contribution in [2.24, 2.45) is 17.6 Å². The van der Waals surface area contributed by atoms with Gasteiger partial charge in [-0.25, -0.2) is 4.39 Å². The van der Waals surface area contributed by atoms with Gasteiger partial charge in [-0.05, 0) is 41.7 Å². The SMILES string of the molecule is CCc1nn(CC)c(CC(F)C(CN)C(C)C)c1Br. The topological polar surface area (TPSA) is 43.8 Å². The van der Waals surface area contributed by atoms with Crippen LogP contribution in [0.5, 0.6) is 0 Å². The third-order valence-electron chi connectivity index (χ3n) is 3.68. The van der Waals surface area contributed by atoms with Crippen LogP contribution in [0.4, 0.5) is 4.39 Å². The van der Waals surface area contributed by atoms with E-state index in [1.165, 1.54) is 0 Å². The first-order valence-electron chi connectivity index (χ1n) is 7.04. The first-order valence-corrected chi connectivity index (χ1v) is 7.83. The van der Waals surface area contributed by atoms with Crippen LogP contribution in [0, 0.1) is 11.8 Å². The highest BCUT2D eigenvalue weighted by atomic mass is 79.9. The fraction of sp³-hybridized carbons (Fsp3) is 0.786. The molecule has 1 aromatic rings. The van der Waals surface area contributed by atoms with Gasteiger partial charge in [-0.3, -0.25) is 4.68 Å². The average Bonchev–Trinajstić information content (AvgIpc) is 2.66. The molecule has 0 fully saturated rings. The van der Waals surface area contributed by atoms with Crippen LogP contribution >= 0.6 is 15.9 Å². The zero-order valence-corrected chi connectivity index (χ0v) is 13.9. The van der Waals surface area contributed by atoms with Gasteiger partial charge in [0, 0.05) is 18.9 Å². The third-order valence-corrected chi connectivity index (χ3v) is 4.59. The molecule has 0 saturated carbocycles. The molecule has 0 aromatic carbocycles. The van der Waals surface area contributed by atoms with Gasteiger partial charge < -0.3 is 5.73 Å². The van der Waals surface area contributed by atoms with E-state index in [1.54, 1.807) is 0 Å². The number of hydrogen-bond donors (Lipinski definition) is 1. The van der Waals surface area contributed by atoms with Gasteiger partial charge in [0.15, 0.2) is 0 Å². The summed E-state index contributed by atoms with van der Waals surface area (Å²) >= 11 is 3.56. The summed E-state index contributed by atoms with van der Waals surface area (Å²) < 4.78 is 17.3. The van der Waals surface area contributed by atoms with Crippen molar-refractivity contribution in [2.75, 3.05) is 6.54 Å². The molecule has 5 heteroatoms. The van der Waals surface area contributed by atoms with Crippen molar-refractivity contribution in [3.63, 3.8) is 0 Å². The van der Waals surface area contributed by atoms with Gasteiger partial charge in [-0.2, -0.15) is 5.10 Å². The molecule has 0 saturated heterocycles. The molecule has 2 atom stereocenters. The summed E-state index contributed by atoms with van der Waals surface area (Å²) in [5.41, 5.74) is 7.64. The standard InChI is InChI=1S/C14H25BrFN3/c1-5-12-14(15)13(19(6-2)18-12)7-11(16)10(8-17)9(3)4/h9-11H,5-8,17H2,1-4H3. The van der Waals surface area contributed by atoms with Gasteiger partial charge in [-0.1, -0.05) is 20.8 Å². The smallest absolute Gasteiger partial charge is 0.110 e. The molecular weight excluding hydrogens is 309 g/mol. The summed E-state index contributed by atoms with van der Waals surface area (Å²) in [6.45, 7) is 9.27. The highest BCUT2D eigenvalue weighted by Crippen LogP contribution is 2.27. The van der Waals surface area contributed by atoms with E-state index in [0.717, 1.165) is 28.8 Å². The first kappa shape index (κ1) is 16.6. The molecule has 0 amide bonds. The van der Waals surface area contributed by atoms with Crippen molar-refractivity contribution in [1.82, 2.24) is 9.78 Å². The number of rotatable bonds is 7. The fourth-order valence-electron chi connectivity index (χ4n) is 2.39. The van der Waals surface area contributed by atoms with Crippen LogP contribution in [0.2, 0.25) is 0 Å². The van der Waals surface area contributed by atoms with E-state index in [-0.39, 0.29) is 11.8 Å². The van der Waals surface area contributed by atoms with Crippen molar-refractivity contribution >= 4 is 15.9 Å². The predicted molar refractivity (Wildman–Crippen MR) is 81.0 cm³/mol. The zero-order chi connectivity index (χ0) is 14.6. The summed E-state index contributed by atoms with van der Waals surface area (Å²) in [6, 6.07) is 0. The molecule has 3 nitrogen and oxygen atoms in total. The second-order valence-electron chi connectivity index (χ2n) is 5.24. The highest BCUT2D eigenvalue weighted by Gasteiger charge is 2.26. The van der Waals surface area contributed by atoms with Crippen LogP contribution in [0.3, 0.4) is 0 Å². The normalized spacial score (nSPS) is 14.9. The lowest BCUT2D eigenvalue weighted by molar-refractivity contribution is 0.182. The Morgan fingerprint density at radius 3 is 2.42 bits per heavy atom. The van der Waals surface area contributed by atoms with Gasteiger partial charge >= 0.3 is 0 Å². The van der Waals surface area contributed by atoms with Crippen molar-refractivity contribution in [3.05, 3.63) is 15.9 Å². The van der Waals surface area contributed by atoms with Gasteiger partial charge in [0.25, 0.3) is 0 Å². The number of nitrogens with zero attached hydrogens (tertiary/aromatic N) is 2. The zero-order valence-electron chi connectivity index (χ0n) is 12.3. The van der Waals surface area contributed by atoms with Crippen molar-refractivity contribution in [1.29, 1.82) is 0 Å². The average molecular weight is 334 g/mol. The number of alkyl halides is 1. The lowest BCUT2D eigenvalue weighted by atomic mass is 9.89. The minimum absolute atomic E-state index is 0.0998. The van der Waals surface area contributed by atoms with E-state index in [9.17, 15) is 4.39 Å². The molecule has 1 rings (SSSR count). The van der Waals surface area contributed by atoms with Crippen LogP contribution in [-0.4, -0.2) is 22.5 Å². The molecule has 0 radical (unpaired) electrons. The maximum atomic E-state index is 14.5. The number of aromatic nitrogens is 2. The first-order chi connectivity index (χ1) is 8.96. The van der Waals surface area contributed by atoms with E-state index in [4.69, 9.17) is 5.73 Å². The van der Waals surface area contributed by atoms with Gasteiger partial charge in [-0.15, -0.1) is 0 Å². The van der Waals surface area contributed by atoms with Gasteiger partial charge in [0.1, 0.15) is 6.17 Å². The Morgan fingerprint density at radius 2 is 2.00 bits per heavy atom. The van der Waals surface area contributed by atoms with Crippen LogP contribution < -0.4 is 5.73 Å². The second kappa shape index (κ2) is 7.39. The molecule has 19 heavy (non-hydrogen) atoms. The van der Waals surface area contributed by atoms with Crippen LogP contribution in [0.15, 0.2) is 4.47 Å². The monoisotopic (exact) mass is 333 g/mol. The molecular formula is C14H25BrFN3. The maximum absolute atomic E-state index is 14.5. The Hall–Kier alpha value is -0.420. The van der Waals surface area contributed by atoms with Crippen molar-refractivity contribution in [3.8, 4) is 0 Å². The van der Waals surface area contributed by atoms with E-state index in [0.29, 0.717) is 13.0 Å². The molecule has 110 valence electrons. The number of hydrogen-bond acceptors (Lipinski definition) is 2. The quantitative estimate of drug-likeness (QED) is 0.831. The van der Waals surface area contributed by atoms with Crippen LogP contribution in [0.1, 0.15) is 39.1 Å². The molecule has 2 N–H and O–H groups in total. The summed E-state index contributed by atoms with van der Waals surface area (Å²) in [5, 5.41) is 4.50. The molecule has 1 heterocycles. The maximum Gasteiger partial charge on any atom is 0.110 e. The molecule has 1 aromatic heterocycles. The largest absolute Gasteiger partial charge is 0.330 e. The van der Waals surface area contributed by atoms with E-state index in [2.05, 4.69) is 28.0 Å². The lowest BCUT2D eigenvalue weighted by Crippen LogP contribution is -2.31. The molecule has 0 aliphatic rings.